The standard InChI is InChI=1S/C16H24BrClN2/c1-11(2)20-8-4-5-12(10-19-3)16(20)14-7-6-13(18)9-15(14)17/h6-7,9,11-12,16,19H,4-5,8,10H2,1-3H3. The molecule has 0 saturated carbocycles. The van der Waals surface area contributed by atoms with Crippen LogP contribution in [0.5, 0.6) is 0 Å². The molecule has 112 valence electrons. The summed E-state index contributed by atoms with van der Waals surface area (Å²) < 4.78 is 1.13. The van der Waals surface area contributed by atoms with E-state index in [2.05, 4.69) is 46.1 Å². The summed E-state index contributed by atoms with van der Waals surface area (Å²) in [5.74, 6) is 0.647. The van der Waals surface area contributed by atoms with E-state index in [0.717, 1.165) is 16.0 Å². The number of rotatable bonds is 4. The monoisotopic (exact) mass is 358 g/mol. The van der Waals surface area contributed by atoms with Gasteiger partial charge in [-0.2, -0.15) is 0 Å². The number of hydrogen-bond donors (Lipinski definition) is 1. The molecule has 1 N–H and O–H groups in total. The van der Waals surface area contributed by atoms with Gasteiger partial charge in [0.1, 0.15) is 0 Å². The summed E-state index contributed by atoms with van der Waals surface area (Å²) in [6.45, 7) is 6.82. The molecule has 0 spiro atoms. The molecule has 20 heavy (non-hydrogen) atoms. The molecule has 1 aliphatic heterocycles. The predicted molar refractivity (Wildman–Crippen MR) is 90.4 cm³/mol. The van der Waals surface area contributed by atoms with E-state index in [-0.39, 0.29) is 0 Å². The number of likely N-dealkylation sites (tertiary alicyclic amines) is 1. The lowest BCUT2D eigenvalue weighted by Gasteiger charge is -2.44. The number of hydrogen-bond acceptors (Lipinski definition) is 2. The molecule has 1 fully saturated rings. The second kappa shape index (κ2) is 7.26. The molecule has 0 aliphatic carbocycles. The van der Waals surface area contributed by atoms with Crippen LogP contribution in [0.2, 0.25) is 5.02 Å². The fourth-order valence-electron chi connectivity index (χ4n) is 3.33. The molecule has 1 saturated heterocycles. The summed E-state index contributed by atoms with van der Waals surface area (Å²) >= 11 is 9.80. The predicted octanol–water partition coefficient (Wildman–Crippen LogP) is 4.48. The Morgan fingerprint density at radius 2 is 2.20 bits per heavy atom. The Bertz CT molecular complexity index is 448. The Kier molecular flexibility index (Phi) is 5.91. The zero-order valence-corrected chi connectivity index (χ0v) is 14.8. The molecule has 0 bridgehead atoms. The second-order valence-corrected chi connectivity index (χ2v) is 7.19. The van der Waals surface area contributed by atoms with E-state index in [1.54, 1.807) is 0 Å². The Morgan fingerprint density at radius 1 is 1.45 bits per heavy atom. The van der Waals surface area contributed by atoms with Crippen molar-refractivity contribution in [1.82, 2.24) is 10.2 Å². The summed E-state index contributed by atoms with van der Waals surface area (Å²) in [4.78, 5) is 2.62. The van der Waals surface area contributed by atoms with E-state index in [1.165, 1.54) is 24.9 Å². The summed E-state index contributed by atoms with van der Waals surface area (Å²) in [5, 5.41) is 4.15. The van der Waals surface area contributed by atoms with Crippen molar-refractivity contribution in [2.24, 2.45) is 5.92 Å². The first-order valence-electron chi connectivity index (χ1n) is 7.40. The first-order valence-corrected chi connectivity index (χ1v) is 8.57. The Labute approximate surface area is 136 Å². The van der Waals surface area contributed by atoms with Crippen LogP contribution >= 0.6 is 27.5 Å². The largest absolute Gasteiger partial charge is 0.319 e. The minimum absolute atomic E-state index is 0.461. The Morgan fingerprint density at radius 3 is 2.80 bits per heavy atom. The van der Waals surface area contributed by atoms with E-state index >= 15 is 0 Å². The highest BCUT2D eigenvalue weighted by Gasteiger charge is 2.34. The molecule has 1 aliphatic rings. The van der Waals surface area contributed by atoms with E-state index in [0.29, 0.717) is 18.0 Å². The maximum absolute atomic E-state index is 6.10. The van der Waals surface area contributed by atoms with Crippen molar-refractivity contribution in [3.05, 3.63) is 33.3 Å². The van der Waals surface area contributed by atoms with E-state index in [4.69, 9.17) is 11.6 Å². The lowest BCUT2D eigenvalue weighted by molar-refractivity contribution is 0.0632. The highest BCUT2D eigenvalue weighted by atomic mass is 79.9. The average molecular weight is 360 g/mol. The van der Waals surface area contributed by atoms with Gasteiger partial charge in [-0.1, -0.05) is 33.6 Å². The van der Waals surface area contributed by atoms with Crippen LogP contribution in [0.1, 0.15) is 38.3 Å². The van der Waals surface area contributed by atoms with Crippen LogP contribution in [0.4, 0.5) is 0 Å². The third-order valence-corrected chi connectivity index (χ3v) is 5.13. The van der Waals surface area contributed by atoms with Crippen molar-refractivity contribution in [3.8, 4) is 0 Å². The van der Waals surface area contributed by atoms with Crippen molar-refractivity contribution >= 4 is 27.5 Å². The zero-order chi connectivity index (χ0) is 14.7. The van der Waals surface area contributed by atoms with Gasteiger partial charge in [0.15, 0.2) is 0 Å². The van der Waals surface area contributed by atoms with Gasteiger partial charge in [0.2, 0.25) is 0 Å². The van der Waals surface area contributed by atoms with Gasteiger partial charge in [0, 0.05) is 21.6 Å². The van der Waals surface area contributed by atoms with E-state index < -0.39 is 0 Å². The molecule has 1 aromatic carbocycles. The number of nitrogens with one attached hydrogen (secondary N) is 1. The summed E-state index contributed by atoms with van der Waals surface area (Å²) in [7, 11) is 2.04. The van der Waals surface area contributed by atoms with Gasteiger partial charge in [0.05, 0.1) is 0 Å². The lowest BCUT2D eigenvalue weighted by atomic mass is 9.83. The number of piperidine rings is 1. The Balaban J connectivity index is 2.37. The average Bonchev–Trinajstić information content (AvgIpc) is 2.39. The van der Waals surface area contributed by atoms with Crippen molar-refractivity contribution in [2.45, 2.75) is 38.8 Å². The van der Waals surface area contributed by atoms with Gasteiger partial charge in [-0.05, 0) is 70.4 Å². The first kappa shape index (κ1) is 16.3. The molecule has 2 rings (SSSR count). The van der Waals surface area contributed by atoms with Gasteiger partial charge in [-0.25, -0.2) is 0 Å². The fourth-order valence-corrected chi connectivity index (χ4v) is 4.25. The van der Waals surface area contributed by atoms with Gasteiger partial charge >= 0.3 is 0 Å². The van der Waals surface area contributed by atoms with Crippen LogP contribution in [0.25, 0.3) is 0 Å². The maximum atomic E-state index is 6.10. The smallest absolute Gasteiger partial charge is 0.0417 e. The van der Waals surface area contributed by atoms with Crippen molar-refractivity contribution in [2.75, 3.05) is 20.1 Å². The molecule has 2 nitrogen and oxygen atoms in total. The van der Waals surface area contributed by atoms with Crippen LogP contribution in [0.3, 0.4) is 0 Å². The zero-order valence-electron chi connectivity index (χ0n) is 12.5. The molecule has 0 amide bonds. The lowest BCUT2D eigenvalue weighted by Crippen LogP contribution is -2.45. The minimum Gasteiger partial charge on any atom is -0.319 e. The topological polar surface area (TPSA) is 15.3 Å². The number of nitrogens with zero attached hydrogens (tertiary/aromatic N) is 1. The number of benzene rings is 1. The minimum atomic E-state index is 0.461. The molecule has 4 heteroatoms. The van der Waals surface area contributed by atoms with Crippen LogP contribution in [-0.4, -0.2) is 31.1 Å². The Hall–Kier alpha value is -0.0900. The molecule has 2 atom stereocenters. The third-order valence-electron chi connectivity index (χ3n) is 4.21. The normalized spacial score (nSPS) is 24.3. The van der Waals surface area contributed by atoms with Crippen LogP contribution < -0.4 is 5.32 Å². The highest BCUT2D eigenvalue weighted by Crippen LogP contribution is 2.40. The molecule has 1 heterocycles. The van der Waals surface area contributed by atoms with Gasteiger partial charge in [-0.3, -0.25) is 4.90 Å². The molecule has 0 radical (unpaired) electrons. The molecule has 0 aromatic heterocycles. The molecule has 2 unspecified atom stereocenters. The molecular weight excluding hydrogens is 336 g/mol. The maximum Gasteiger partial charge on any atom is 0.0417 e. The summed E-state index contributed by atoms with van der Waals surface area (Å²) in [5.41, 5.74) is 1.36. The van der Waals surface area contributed by atoms with Gasteiger partial charge in [0.25, 0.3) is 0 Å². The number of halogens is 2. The van der Waals surface area contributed by atoms with Crippen molar-refractivity contribution in [1.29, 1.82) is 0 Å². The van der Waals surface area contributed by atoms with Gasteiger partial charge in [-0.15, -0.1) is 0 Å². The summed E-state index contributed by atoms with van der Waals surface area (Å²) in [6.07, 6.45) is 2.57. The van der Waals surface area contributed by atoms with Crippen LogP contribution in [-0.2, 0) is 0 Å². The second-order valence-electron chi connectivity index (χ2n) is 5.90. The van der Waals surface area contributed by atoms with Crippen molar-refractivity contribution < 1.29 is 0 Å². The van der Waals surface area contributed by atoms with Crippen LogP contribution in [0.15, 0.2) is 22.7 Å². The fraction of sp³-hybridized carbons (Fsp3) is 0.625. The van der Waals surface area contributed by atoms with E-state index in [1.807, 2.05) is 19.2 Å². The van der Waals surface area contributed by atoms with Crippen LogP contribution in [0, 0.1) is 5.92 Å². The molecular formula is C16H24BrClN2. The van der Waals surface area contributed by atoms with E-state index in [9.17, 15) is 0 Å². The third kappa shape index (κ3) is 3.56. The highest BCUT2D eigenvalue weighted by molar-refractivity contribution is 9.10. The first-order chi connectivity index (χ1) is 9.54. The molecule has 1 aromatic rings. The SMILES string of the molecule is CNCC1CCCN(C(C)C)C1c1ccc(Cl)cc1Br. The van der Waals surface area contributed by atoms with Crippen molar-refractivity contribution in [3.63, 3.8) is 0 Å². The van der Waals surface area contributed by atoms with Gasteiger partial charge < -0.3 is 5.32 Å². The summed E-state index contributed by atoms with van der Waals surface area (Å²) in [6, 6.07) is 7.22. The quantitative estimate of drug-likeness (QED) is 0.852.